The summed E-state index contributed by atoms with van der Waals surface area (Å²) in [6.45, 7) is 1.95. The molecular weight excluding hydrogens is 350 g/mol. The van der Waals surface area contributed by atoms with E-state index in [0.717, 1.165) is 11.1 Å². The molecule has 1 aromatic heterocycles. The molecule has 0 radical (unpaired) electrons. The summed E-state index contributed by atoms with van der Waals surface area (Å²) in [6.07, 6.45) is 3.22. The number of sulfone groups is 1. The highest BCUT2D eigenvalue weighted by molar-refractivity contribution is 7.90. The number of aryl methyl sites for hydroxylation is 1. The molecule has 0 saturated carbocycles. The molecule has 3 rings (SSSR count). The zero-order chi connectivity index (χ0) is 18.7. The zero-order valence-electron chi connectivity index (χ0n) is 14.7. The molecule has 7 heteroatoms. The lowest BCUT2D eigenvalue weighted by Gasteiger charge is -2.19. The Balaban J connectivity index is 1.95. The van der Waals surface area contributed by atoms with E-state index in [4.69, 9.17) is 0 Å². The van der Waals surface area contributed by atoms with Gasteiger partial charge < -0.3 is 10.4 Å². The van der Waals surface area contributed by atoms with Crippen LogP contribution in [-0.2, 0) is 16.3 Å². The van der Waals surface area contributed by atoms with Crippen LogP contribution in [0.1, 0.15) is 11.1 Å². The summed E-state index contributed by atoms with van der Waals surface area (Å²) in [7, 11) is -3.33. The number of anilines is 1. The fourth-order valence-corrected chi connectivity index (χ4v) is 3.49. The highest BCUT2D eigenvalue weighted by atomic mass is 32.2. The molecule has 1 atom stereocenters. The Kier molecular flexibility index (Phi) is 5.20. The Morgan fingerprint density at radius 1 is 1.15 bits per heavy atom. The molecule has 3 aromatic rings. The molecule has 26 heavy (non-hydrogen) atoms. The minimum Gasteiger partial charge on any atom is -0.394 e. The number of benzene rings is 2. The number of aliphatic hydroxyl groups excluding tert-OH is 1. The van der Waals surface area contributed by atoms with Gasteiger partial charge in [-0.2, -0.15) is 0 Å². The lowest BCUT2D eigenvalue weighted by Crippen LogP contribution is -2.27. The monoisotopic (exact) mass is 371 g/mol. The number of fused-ring (bicyclic) bond motifs is 1. The van der Waals surface area contributed by atoms with Crippen LogP contribution in [0, 0.1) is 6.92 Å². The third-order valence-corrected chi connectivity index (χ3v) is 5.43. The van der Waals surface area contributed by atoms with Gasteiger partial charge in [0.15, 0.2) is 9.84 Å². The molecule has 1 unspecified atom stereocenters. The van der Waals surface area contributed by atoms with E-state index in [1.54, 1.807) is 12.1 Å². The Morgan fingerprint density at radius 3 is 2.62 bits per heavy atom. The molecule has 0 aliphatic rings. The summed E-state index contributed by atoms with van der Waals surface area (Å²) in [5.74, 6) is 0.508. The van der Waals surface area contributed by atoms with Gasteiger partial charge in [0.05, 0.1) is 23.1 Å². The third kappa shape index (κ3) is 4.00. The predicted octanol–water partition coefficient (Wildman–Crippen LogP) is 2.36. The van der Waals surface area contributed by atoms with Crippen molar-refractivity contribution in [2.24, 2.45) is 0 Å². The van der Waals surface area contributed by atoms with Crippen LogP contribution in [-0.4, -0.2) is 42.4 Å². The molecule has 0 amide bonds. The second-order valence-electron chi connectivity index (χ2n) is 6.33. The maximum absolute atomic E-state index is 11.8. The molecular formula is C19H21N3O3S. The van der Waals surface area contributed by atoms with Crippen LogP contribution in [0.2, 0.25) is 0 Å². The van der Waals surface area contributed by atoms with Gasteiger partial charge in [-0.05, 0) is 42.7 Å². The summed E-state index contributed by atoms with van der Waals surface area (Å²) >= 11 is 0. The van der Waals surface area contributed by atoms with Crippen LogP contribution in [0.15, 0.2) is 53.7 Å². The first-order chi connectivity index (χ1) is 12.4. The summed E-state index contributed by atoms with van der Waals surface area (Å²) in [6, 6.07) is 12.5. The number of nitrogens with zero attached hydrogens (tertiary/aromatic N) is 2. The second-order valence-corrected chi connectivity index (χ2v) is 8.34. The highest BCUT2D eigenvalue weighted by Crippen LogP contribution is 2.24. The lowest BCUT2D eigenvalue weighted by molar-refractivity contribution is 0.273. The molecule has 0 bridgehead atoms. The summed E-state index contributed by atoms with van der Waals surface area (Å²) in [5.41, 5.74) is 2.93. The standard InChI is InChI=1S/C19H21N3O3S/c1-13-5-3-4-6-14(13)9-15(11-23)22-19-17-10-16(26(2,24)25)7-8-18(17)20-12-21-19/h3-8,10,12,15,23H,9,11H2,1-2H3,(H,20,21,22). The first kappa shape index (κ1) is 18.3. The predicted molar refractivity (Wildman–Crippen MR) is 102 cm³/mol. The Hall–Kier alpha value is -2.51. The van der Waals surface area contributed by atoms with E-state index in [0.29, 0.717) is 23.1 Å². The fourth-order valence-electron chi connectivity index (χ4n) is 2.84. The van der Waals surface area contributed by atoms with Crippen molar-refractivity contribution >= 4 is 26.6 Å². The van der Waals surface area contributed by atoms with Crippen molar-refractivity contribution in [1.82, 2.24) is 9.97 Å². The molecule has 0 aliphatic heterocycles. The molecule has 0 aliphatic carbocycles. The maximum atomic E-state index is 11.8. The van der Waals surface area contributed by atoms with Crippen molar-refractivity contribution in [1.29, 1.82) is 0 Å². The number of aliphatic hydroxyl groups is 1. The molecule has 2 N–H and O–H groups in total. The van der Waals surface area contributed by atoms with Gasteiger partial charge >= 0.3 is 0 Å². The smallest absolute Gasteiger partial charge is 0.175 e. The first-order valence-electron chi connectivity index (χ1n) is 8.25. The number of aromatic nitrogens is 2. The van der Waals surface area contributed by atoms with E-state index in [9.17, 15) is 13.5 Å². The van der Waals surface area contributed by atoms with Gasteiger partial charge in [-0.1, -0.05) is 24.3 Å². The van der Waals surface area contributed by atoms with Gasteiger partial charge in [0.25, 0.3) is 0 Å². The normalized spacial score (nSPS) is 12.9. The van der Waals surface area contributed by atoms with Gasteiger partial charge in [0, 0.05) is 11.6 Å². The quantitative estimate of drug-likeness (QED) is 0.691. The van der Waals surface area contributed by atoms with E-state index in [1.807, 2.05) is 31.2 Å². The van der Waals surface area contributed by atoms with Crippen LogP contribution < -0.4 is 5.32 Å². The molecule has 0 fully saturated rings. The number of hydrogen-bond acceptors (Lipinski definition) is 6. The molecule has 136 valence electrons. The van der Waals surface area contributed by atoms with E-state index in [2.05, 4.69) is 15.3 Å². The van der Waals surface area contributed by atoms with Crippen molar-refractivity contribution in [3.05, 3.63) is 59.9 Å². The summed E-state index contributed by atoms with van der Waals surface area (Å²) < 4.78 is 23.7. The number of hydrogen-bond donors (Lipinski definition) is 2. The first-order valence-corrected chi connectivity index (χ1v) is 10.1. The van der Waals surface area contributed by atoms with E-state index >= 15 is 0 Å². The molecule has 1 heterocycles. The zero-order valence-corrected chi connectivity index (χ0v) is 15.5. The SMILES string of the molecule is Cc1ccccc1CC(CO)Nc1ncnc2ccc(S(C)(=O)=O)cc12. The molecule has 2 aromatic carbocycles. The molecule has 6 nitrogen and oxygen atoms in total. The summed E-state index contributed by atoms with van der Waals surface area (Å²) in [4.78, 5) is 8.65. The van der Waals surface area contributed by atoms with E-state index in [-0.39, 0.29) is 17.5 Å². The van der Waals surface area contributed by atoms with Crippen molar-refractivity contribution in [3.63, 3.8) is 0 Å². The Labute approximate surface area is 152 Å². The van der Waals surface area contributed by atoms with Crippen LogP contribution in [0.5, 0.6) is 0 Å². The maximum Gasteiger partial charge on any atom is 0.175 e. The average Bonchev–Trinajstić information content (AvgIpc) is 2.62. The number of rotatable bonds is 6. The van der Waals surface area contributed by atoms with Crippen molar-refractivity contribution in [2.45, 2.75) is 24.3 Å². The van der Waals surface area contributed by atoms with E-state index in [1.165, 1.54) is 18.6 Å². The minimum absolute atomic E-state index is 0.0778. The van der Waals surface area contributed by atoms with Crippen molar-refractivity contribution in [2.75, 3.05) is 18.2 Å². The summed E-state index contributed by atoms with van der Waals surface area (Å²) in [5, 5.41) is 13.6. The van der Waals surface area contributed by atoms with E-state index < -0.39 is 9.84 Å². The molecule has 0 saturated heterocycles. The van der Waals surface area contributed by atoms with Crippen molar-refractivity contribution < 1.29 is 13.5 Å². The van der Waals surface area contributed by atoms with Gasteiger partial charge in [0.2, 0.25) is 0 Å². The topological polar surface area (TPSA) is 92.2 Å². The van der Waals surface area contributed by atoms with Gasteiger partial charge in [-0.25, -0.2) is 18.4 Å². The van der Waals surface area contributed by atoms with Crippen LogP contribution in [0.25, 0.3) is 10.9 Å². The van der Waals surface area contributed by atoms with Crippen LogP contribution >= 0.6 is 0 Å². The Bertz CT molecular complexity index is 1040. The second kappa shape index (κ2) is 7.39. The average molecular weight is 371 g/mol. The fraction of sp³-hybridized carbons (Fsp3) is 0.263. The minimum atomic E-state index is -3.33. The van der Waals surface area contributed by atoms with Gasteiger partial charge in [-0.15, -0.1) is 0 Å². The largest absolute Gasteiger partial charge is 0.394 e. The van der Waals surface area contributed by atoms with Gasteiger partial charge in [-0.3, -0.25) is 0 Å². The lowest BCUT2D eigenvalue weighted by atomic mass is 10.0. The highest BCUT2D eigenvalue weighted by Gasteiger charge is 2.15. The number of nitrogens with one attached hydrogen (secondary N) is 1. The molecule has 0 spiro atoms. The van der Waals surface area contributed by atoms with Crippen LogP contribution in [0.4, 0.5) is 5.82 Å². The Morgan fingerprint density at radius 2 is 1.92 bits per heavy atom. The van der Waals surface area contributed by atoms with Crippen molar-refractivity contribution in [3.8, 4) is 0 Å². The van der Waals surface area contributed by atoms with Gasteiger partial charge in [0.1, 0.15) is 12.1 Å². The van der Waals surface area contributed by atoms with Crippen LogP contribution in [0.3, 0.4) is 0 Å². The third-order valence-electron chi connectivity index (χ3n) is 4.32.